The van der Waals surface area contributed by atoms with Crippen LogP contribution >= 0.6 is 35.0 Å². The van der Waals surface area contributed by atoms with Gasteiger partial charge in [-0.1, -0.05) is 65.7 Å². The maximum absolute atomic E-state index is 11.5. The molecule has 10 heteroatoms. The monoisotopic (exact) mass is 613 g/mol. The Labute approximate surface area is 252 Å². The van der Waals surface area contributed by atoms with Gasteiger partial charge in [-0.15, -0.1) is 11.8 Å². The summed E-state index contributed by atoms with van der Waals surface area (Å²) >= 11 is 13.4. The van der Waals surface area contributed by atoms with Crippen LogP contribution < -0.4 is 9.47 Å². The van der Waals surface area contributed by atoms with Crippen LogP contribution in [0.1, 0.15) is 29.5 Å². The molecule has 214 valence electrons. The number of para-hydroxylation sites is 1. The van der Waals surface area contributed by atoms with E-state index in [1.807, 2.05) is 67.6 Å². The molecule has 7 nitrogen and oxygen atoms in total. The van der Waals surface area contributed by atoms with Gasteiger partial charge in [-0.25, -0.2) is 0 Å². The molecule has 0 spiro atoms. The number of fused-ring (bicyclic) bond motifs is 1. The van der Waals surface area contributed by atoms with Crippen LogP contribution in [-0.2, 0) is 16.1 Å². The molecule has 4 aromatic rings. The first-order valence-corrected chi connectivity index (χ1v) is 14.6. The number of rotatable bonds is 14. The number of hydrogen-bond donors (Lipinski definition) is 2. The molecule has 3 aromatic carbocycles. The molecule has 0 unspecified atom stereocenters. The summed E-state index contributed by atoms with van der Waals surface area (Å²) in [5.41, 5.74) is 3.44. The SMILES string of the molecule is Cc1cc(Cl)cc(Cl)c1OCCCCOc1ccc(/C=C/c2cccc3c(SCC(=O)O)cn(CC(=O)O)c23)cc1. The molecule has 0 radical (unpaired) electrons. The van der Waals surface area contributed by atoms with Crippen LogP contribution in [0.5, 0.6) is 11.5 Å². The quantitative estimate of drug-likeness (QED) is 0.0846. The van der Waals surface area contributed by atoms with Crippen molar-refractivity contribution < 1.29 is 29.3 Å². The number of aryl methyl sites for hydroxylation is 1. The summed E-state index contributed by atoms with van der Waals surface area (Å²) in [5, 5.41) is 20.4. The van der Waals surface area contributed by atoms with Crippen LogP contribution in [0.4, 0.5) is 0 Å². The third kappa shape index (κ3) is 8.45. The van der Waals surface area contributed by atoms with Gasteiger partial charge in [-0.2, -0.15) is 0 Å². The lowest BCUT2D eigenvalue weighted by atomic mass is 10.1. The zero-order valence-electron chi connectivity index (χ0n) is 22.3. The van der Waals surface area contributed by atoms with E-state index in [9.17, 15) is 14.7 Å². The van der Waals surface area contributed by atoms with Gasteiger partial charge < -0.3 is 24.3 Å². The highest BCUT2D eigenvalue weighted by Crippen LogP contribution is 2.33. The molecule has 2 N–H and O–H groups in total. The van der Waals surface area contributed by atoms with Gasteiger partial charge in [-0.05, 0) is 60.7 Å². The second kappa shape index (κ2) is 14.3. The highest BCUT2D eigenvalue weighted by molar-refractivity contribution is 8.00. The van der Waals surface area contributed by atoms with Crippen molar-refractivity contribution in [3.63, 3.8) is 0 Å². The molecule has 0 aliphatic carbocycles. The molecule has 0 bridgehead atoms. The number of thioether (sulfide) groups is 1. The predicted octanol–water partition coefficient (Wildman–Crippen LogP) is 7.93. The fourth-order valence-corrected chi connectivity index (χ4v) is 5.77. The number of unbranched alkanes of at least 4 members (excludes halogenated alkanes) is 1. The lowest BCUT2D eigenvalue weighted by molar-refractivity contribution is -0.137. The summed E-state index contributed by atoms with van der Waals surface area (Å²) in [5.74, 6) is -0.589. The molecular weight excluding hydrogens is 585 g/mol. The summed E-state index contributed by atoms with van der Waals surface area (Å²) in [7, 11) is 0. The van der Waals surface area contributed by atoms with E-state index in [0.29, 0.717) is 29.0 Å². The van der Waals surface area contributed by atoms with E-state index in [1.165, 1.54) is 11.8 Å². The van der Waals surface area contributed by atoms with E-state index in [1.54, 1.807) is 16.8 Å². The van der Waals surface area contributed by atoms with E-state index in [4.69, 9.17) is 37.8 Å². The molecule has 0 fully saturated rings. The highest BCUT2D eigenvalue weighted by Gasteiger charge is 2.14. The minimum absolute atomic E-state index is 0.105. The molecule has 41 heavy (non-hydrogen) atoms. The Hall–Kier alpha value is -3.59. The van der Waals surface area contributed by atoms with Crippen molar-refractivity contribution in [2.45, 2.75) is 31.2 Å². The Morgan fingerprint density at radius 2 is 1.68 bits per heavy atom. The fraction of sp³-hybridized carbons (Fsp3) is 0.226. The largest absolute Gasteiger partial charge is 0.494 e. The van der Waals surface area contributed by atoms with Crippen molar-refractivity contribution in [2.24, 2.45) is 0 Å². The minimum atomic E-state index is -0.973. The predicted molar refractivity (Wildman–Crippen MR) is 165 cm³/mol. The van der Waals surface area contributed by atoms with Crippen LogP contribution in [0.25, 0.3) is 23.1 Å². The summed E-state index contributed by atoms with van der Waals surface area (Å²) in [4.78, 5) is 23.3. The fourth-order valence-electron chi connectivity index (χ4n) is 4.32. The normalized spacial score (nSPS) is 11.3. The van der Waals surface area contributed by atoms with Gasteiger partial charge in [0, 0.05) is 21.5 Å². The molecule has 1 heterocycles. The number of ether oxygens (including phenoxy) is 2. The first-order valence-electron chi connectivity index (χ1n) is 12.9. The number of nitrogens with zero attached hydrogens (tertiary/aromatic N) is 1. The maximum atomic E-state index is 11.5. The smallest absolute Gasteiger partial charge is 0.323 e. The van der Waals surface area contributed by atoms with Gasteiger partial charge in [0.15, 0.2) is 0 Å². The molecule has 0 atom stereocenters. The topological polar surface area (TPSA) is 98.0 Å². The Morgan fingerprint density at radius 3 is 2.37 bits per heavy atom. The second-order valence-electron chi connectivity index (χ2n) is 9.28. The van der Waals surface area contributed by atoms with Crippen molar-refractivity contribution >= 4 is 70.0 Å². The number of carbonyl (C=O) groups is 2. The van der Waals surface area contributed by atoms with Gasteiger partial charge in [0.1, 0.15) is 18.0 Å². The molecule has 4 rings (SSSR count). The standard InChI is InChI=1S/C31H29Cl2NO6S/c1-20-15-23(32)16-26(33)31(20)40-14-3-2-13-39-24-11-8-21(9-12-24)7-10-22-5-4-6-25-27(41-19-29(37)38)17-34(30(22)25)18-28(35)36/h4-12,15-17H,2-3,13-14,18-19H2,1H3,(H,35,36)(H,37,38)/b10-7+. The summed E-state index contributed by atoms with van der Waals surface area (Å²) < 4.78 is 13.3. The van der Waals surface area contributed by atoms with Gasteiger partial charge >= 0.3 is 11.9 Å². The van der Waals surface area contributed by atoms with Crippen LogP contribution in [0, 0.1) is 6.92 Å². The van der Waals surface area contributed by atoms with Gasteiger partial charge in [0.2, 0.25) is 0 Å². The number of benzene rings is 3. The number of hydrogen-bond acceptors (Lipinski definition) is 5. The van der Waals surface area contributed by atoms with E-state index in [2.05, 4.69) is 0 Å². The van der Waals surface area contributed by atoms with Crippen molar-refractivity contribution in [2.75, 3.05) is 19.0 Å². The van der Waals surface area contributed by atoms with E-state index in [0.717, 1.165) is 51.1 Å². The van der Waals surface area contributed by atoms with E-state index in [-0.39, 0.29) is 12.3 Å². The average Bonchev–Trinajstić information content (AvgIpc) is 3.27. The lowest BCUT2D eigenvalue weighted by Gasteiger charge is -2.11. The van der Waals surface area contributed by atoms with Crippen molar-refractivity contribution in [1.29, 1.82) is 0 Å². The van der Waals surface area contributed by atoms with Crippen LogP contribution in [-0.4, -0.2) is 45.7 Å². The highest BCUT2D eigenvalue weighted by atomic mass is 35.5. The lowest BCUT2D eigenvalue weighted by Crippen LogP contribution is -2.07. The van der Waals surface area contributed by atoms with Crippen molar-refractivity contribution in [3.8, 4) is 11.5 Å². The summed E-state index contributed by atoms with van der Waals surface area (Å²) in [6.07, 6.45) is 7.21. The Morgan fingerprint density at radius 1 is 0.951 bits per heavy atom. The average molecular weight is 615 g/mol. The van der Waals surface area contributed by atoms with E-state index < -0.39 is 11.9 Å². The maximum Gasteiger partial charge on any atom is 0.323 e. The van der Waals surface area contributed by atoms with Crippen LogP contribution in [0.15, 0.2) is 65.7 Å². The zero-order chi connectivity index (χ0) is 29.4. The third-order valence-corrected chi connectivity index (χ3v) is 7.66. The summed E-state index contributed by atoms with van der Waals surface area (Å²) in [6, 6.07) is 16.9. The van der Waals surface area contributed by atoms with Gasteiger partial charge in [0.25, 0.3) is 0 Å². The Balaban J connectivity index is 1.34. The Bertz CT molecular complexity index is 1540. The molecular formula is C31H29Cl2NO6S. The molecule has 0 aliphatic rings. The molecule has 0 aliphatic heterocycles. The third-order valence-electron chi connectivity index (χ3n) is 6.13. The Kier molecular flexibility index (Phi) is 10.6. The molecule has 0 amide bonds. The van der Waals surface area contributed by atoms with Crippen LogP contribution in [0.3, 0.4) is 0 Å². The first kappa shape index (κ1) is 30.4. The van der Waals surface area contributed by atoms with Gasteiger partial charge in [-0.3, -0.25) is 9.59 Å². The number of carboxylic acid groups (broad SMARTS) is 2. The summed E-state index contributed by atoms with van der Waals surface area (Å²) in [6.45, 7) is 2.77. The zero-order valence-corrected chi connectivity index (χ0v) is 24.6. The molecule has 0 saturated heterocycles. The first-order chi connectivity index (χ1) is 19.7. The number of halogens is 2. The van der Waals surface area contributed by atoms with Crippen molar-refractivity contribution in [3.05, 3.63) is 87.5 Å². The minimum Gasteiger partial charge on any atom is -0.494 e. The number of carboxylic acids is 2. The van der Waals surface area contributed by atoms with Crippen molar-refractivity contribution in [1.82, 2.24) is 4.57 Å². The van der Waals surface area contributed by atoms with Crippen LogP contribution in [0.2, 0.25) is 10.0 Å². The molecule has 0 saturated carbocycles. The molecule has 1 aromatic heterocycles. The second-order valence-corrected chi connectivity index (χ2v) is 11.1. The number of aliphatic carboxylic acids is 2. The van der Waals surface area contributed by atoms with E-state index >= 15 is 0 Å². The number of aromatic nitrogens is 1. The van der Waals surface area contributed by atoms with Gasteiger partial charge in [0.05, 0.1) is 29.5 Å².